The highest BCUT2D eigenvalue weighted by molar-refractivity contribution is 6.00. The maximum Gasteiger partial charge on any atom is 0.221 e. The molecule has 0 saturated carbocycles. The van der Waals surface area contributed by atoms with Gasteiger partial charge in [-0.1, -0.05) is 0 Å². The monoisotopic (exact) mass is 202 g/mol. The topological polar surface area (TPSA) is 80.9 Å². The van der Waals surface area contributed by atoms with E-state index in [2.05, 4.69) is 15.3 Å². The number of aromatic nitrogens is 2. The van der Waals surface area contributed by atoms with Crippen molar-refractivity contribution in [2.24, 2.45) is 0 Å². The summed E-state index contributed by atoms with van der Waals surface area (Å²) >= 11 is 0. The predicted octanol–water partition coefficient (Wildman–Crippen LogP) is 1.17. The molecule has 5 heteroatoms. The van der Waals surface area contributed by atoms with E-state index in [1.807, 2.05) is 0 Å². The van der Waals surface area contributed by atoms with E-state index in [1.165, 1.54) is 6.92 Å². The van der Waals surface area contributed by atoms with E-state index in [9.17, 15) is 4.79 Å². The lowest BCUT2D eigenvalue weighted by Gasteiger charge is -2.07. The Kier molecular flexibility index (Phi) is 2.21. The number of nitrogens with zero attached hydrogens (tertiary/aromatic N) is 2. The van der Waals surface area contributed by atoms with E-state index in [0.717, 1.165) is 0 Å². The molecule has 76 valence electrons. The lowest BCUT2D eigenvalue weighted by Crippen LogP contribution is -2.08. The van der Waals surface area contributed by atoms with Crippen LogP contribution in [0.5, 0.6) is 0 Å². The van der Waals surface area contributed by atoms with Gasteiger partial charge in [-0.3, -0.25) is 14.8 Å². The zero-order valence-corrected chi connectivity index (χ0v) is 8.19. The van der Waals surface area contributed by atoms with E-state index >= 15 is 0 Å². The van der Waals surface area contributed by atoms with Crippen LogP contribution < -0.4 is 11.1 Å². The van der Waals surface area contributed by atoms with Crippen LogP contribution in [0.25, 0.3) is 11.0 Å². The van der Waals surface area contributed by atoms with Crippen molar-refractivity contribution in [3.63, 3.8) is 0 Å². The number of benzene rings is 1. The Morgan fingerprint density at radius 2 is 2.07 bits per heavy atom. The summed E-state index contributed by atoms with van der Waals surface area (Å²) in [7, 11) is 0. The molecule has 3 N–H and O–H groups in total. The molecule has 1 heterocycles. The number of nitrogen functional groups attached to an aromatic ring is 1. The minimum Gasteiger partial charge on any atom is -0.395 e. The first-order valence-electron chi connectivity index (χ1n) is 4.45. The summed E-state index contributed by atoms with van der Waals surface area (Å²) < 4.78 is 0. The fourth-order valence-corrected chi connectivity index (χ4v) is 1.36. The summed E-state index contributed by atoms with van der Waals surface area (Å²) in [6.07, 6.45) is 3.16. The zero-order chi connectivity index (χ0) is 10.8. The molecule has 5 nitrogen and oxygen atoms in total. The van der Waals surface area contributed by atoms with Gasteiger partial charge in [0.25, 0.3) is 0 Å². The Balaban J connectivity index is 2.59. The van der Waals surface area contributed by atoms with Gasteiger partial charge >= 0.3 is 0 Å². The van der Waals surface area contributed by atoms with Crippen molar-refractivity contribution in [3.05, 3.63) is 24.5 Å². The summed E-state index contributed by atoms with van der Waals surface area (Å²) in [4.78, 5) is 19.1. The van der Waals surface area contributed by atoms with Gasteiger partial charge in [-0.2, -0.15) is 0 Å². The Morgan fingerprint density at radius 1 is 1.33 bits per heavy atom. The van der Waals surface area contributed by atoms with Crippen LogP contribution in [0.1, 0.15) is 6.92 Å². The minimum atomic E-state index is -0.162. The maximum absolute atomic E-state index is 10.9. The number of anilines is 2. The van der Waals surface area contributed by atoms with E-state index in [4.69, 9.17) is 5.73 Å². The SMILES string of the molecule is CC(=O)Nc1ccc2nccnc2c1N. The van der Waals surface area contributed by atoms with Crippen LogP contribution in [0.2, 0.25) is 0 Å². The highest BCUT2D eigenvalue weighted by Crippen LogP contribution is 2.25. The number of hydrogen-bond acceptors (Lipinski definition) is 4. The second-order valence-electron chi connectivity index (χ2n) is 3.13. The Bertz CT molecular complexity index is 524. The molecule has 0 saturated heterocycles. The van der Waals surface area contributed by atoms with Crippen molar-refractivity contribution in [3.8, 4) is 0 Å². The van der Waals surface area contributed by atoms with Crippen molar-refractivity contribution < 1.29 is 4.79 Å². The van der Waals surface area contributed by atoms with E-state index in [0.29, 0.717) is 22.4 Å². The quantitative estimate of drug-likeness (QED) is 0.680. The number of carbonyl (C=O) groups excluding carboxylic acids is 1. The molecule has 1 aromatic heterocycles. The molecular formula is C10H10N4O. The average molecular weight is 202 g/mol. The lowest BCUT2D eigenvalue weighted by molar-refractivity contribution is -0.114. The van der Waals surface area contributed by atoms with E-state index < -0.39 is 0 Å². The zero-order valence-electron chi connectivity index (χ0n) is 8.19. The molecule has 2 aromatic rings. The Labute approximate surface area is 86.3 Å². The molecule has 0 aliphatic rings. The Morgan fingerprint density at radius 3 is 2.80 bits per heavy atom. The average Bonchev–Trinajstić information content (AvgIpc) is 2.22. The van der Waals surface area contributed by atoms with Gasteiger partial charge in [-0.05, 0) is 12.1 Å². The third-order valence-corrected chi connectivity index (χ3v) is 1.99. The van der Waals surface area contributed by atoms with Crippen molar-refractivity contribution in [1.29, 1.82) is 0 Å². The normalized spacial score (nSPS) is 10.2. The number of nitrogens with two attached hydrogens (primary N) is 1. The summed E-state index contributed by atoms with van der Waals surface area (Å²) in [6, 6.07) is 3.48. The van der Waals surface area contributed by atoms with Gasteiger partial charge in [0.05, 0.1) is 16.9 Å². The minimum absolute atomic E-state index is 0.162. The van der Waals surface area contributed by atoms with Crippen LogP contribution in [0.15, 0.2) is 24.5 Å². The van der Waals surface area contributed by atoms with Crippen LogP contribution in [0.4, 0.5) is 11.4 Å². The number of rotatable bonds is 1. The van der Waals surface area contributed by atoms with Gasteiger partial charge in [0.2, 0.25) is 5.91 Å². The number of fused-ring (bicyclic) bond motifs is 1. The largest absolute Gasteiger partial charge is 0.395 e. The summed E-state index contributed by atoms with van der Waals surface area (Å²) in [5.74, 6) is -0.162. The van der Waals surface area contributed by atoms with Crippen LogP contribution in [-0.4, -0.2) is 15.9 Å². The number of nitrogens with one attached hydrogen (secondary N) is 1. The van der Waals surface area contributed by atoms with Gasteiger partial charge in [0, 0.05) is 19.3 Å². The molecular weight excluding hydrogens is 192 g/mol. The predicted molar refractivity (Wildman–Crippen MR) is 58.3 cm³/mol. The molecule has 0 atom stereocenters. The summed E-state index contributed by atoms with van der Waals surface area (Å²) in [5.41, 5.74) is 8.17. The van der Waals surface area contributed by atoms with Crippen LogP contribution in [-0.2, 0) is 4.79 Å². The van der Waals surface area contributed by atoms with Gasteiger partial charge in [-0.25, -0.2) is 0 Å². The maximum atomic E-state index is 10.9. The Hall–Kier alpha value is -2.17. The van der Waals surface area contributed by atoms with Gasteiger partial charge in [-0.15, -0.1) is 0 Å². The molecule has 0 aliphatic carbocycles. The summed E-state index contributed by atoms with van der Waals surface area (Å²) in [5, 5.41) is 2.63. The van der Waals surface area contributed by atoms with Crippen LogP contribution >= 0.6 is 0 Å². The van der Waals surface area contributed by atoms with Crippen molar-refractivity contribution in [2.45, 2.75) is 6.92 Å². The number of amides is 1. The van der Waals surface area contributed by atoms with E-state index in [-0.39, 0.29) is 5.91 Å². The van der Waals surface area contributed by atoms with Crippen LogP contribution in [0.3, 0.4) is 0 Å². The fraction of sp³-hybridized carbons (Fsp3) is 0.100. The number of carbonyl (C=O) groups is 1. The molecule has 0 aliphatic heterocycles. The molecule has 0 unspecified atom stereocenters. The van der Waals surface area contributed by atoms with E-state index in [1.54, 1.807) is 24.5 Å². The van der Waals surface area contributed by atoms with Crippen molar-refractivity contribution in [1.82, 2.24) is 9.97 Å². The van der Waals surface area contributed by atoms with Gasteiger partial charge in [0.1, 0.15) is 5.52 Å². The van der Waals surface area contributed by atoms with Crippen LogP contribution in [0, 0.1) is 0 Å². The van der Waals surface area contributed by atoms with Gasteiger partial charge < -0.3 is 11.1 Å². The molecule has 0 radical (unpaired) electrons. The summed E-state index contributed by atoms with van der Waals surface area (Å²) in [6.45, 7) is 1.43. The smallest absolute Gasteiger partial charge is 0.221 e. The van der Waals surface area contributed by atoms with Crippen molar-refractivity contribution in [2.75, 3.05) is 11.1 Å². The second-order valence-corrected chi connectivity index (χ2v) is 3.13. The lowest BCUT2D eigenvalue weighted by atomic mass is 10.2. The van der Waals surface area contributed by atoms with Crippen molar-refractivity contribution >= 4 is 28.3 Å². The molecule has 1 aromatic carbocycles. The fourth-order valence-electron chi connectivity index (χ4n) is 1.36. The first-order chi connectivity index (χ1) is 7.18. The third-order valence-electron chi connectivity index (χ3n) is 1.99. The third kappa shape index (κ3) is 1.71. The standard InChI is InChI=1S/C10H10N4O/c1-6(15)14-7-2-3-8-10(9(7)11)13-5-4-12-8/h2-5H,11H2,1H3,(H,14,15). The molecule has 0 spiro atoms. The molecule has 2 rings (SSSR count). The first kappa shape index (κ1) is 9.39. The molecule has 0 fully saturated rings. The molecule has 0 bridgehead atoms. The number of hydrogen-bond donors (Lipinski definition) is 2. The molecule has 15 heavy (non-hydrogen) atoms. The first-order valence-corrected chi connectivity index (χ1v) is 4.45. The molecule has 1 amide bonds. The highest BCUT2D eigenvalue weighted by atomic mass is 16.1. The second kappa shape index (κ2) is 3.53. The van der Waals surface area contributed by atoms with Gasteiger partial charge in [0.15, 0.2) is 0 Å². The highest BCUT2D eigenvalue weighted by Gasteiger charge is 2.06.